The van der Waals surface area contributed by atoms with E-state index in [9.17, 15) is 10.2 Å². The predicted molar refractivity (Wildman–Crippen MR) is 79.2 cm³/mol. The number of likely N-dealkylation sites (tertiary alicyclic amines) is 1. The summed E-state index contributed by atoms with van der Waals surface area (Å²) in [5.74, 6) is 1.36. The maximum absolute atomic E-state index is 10.4. The molecule has 0 spiro atoms. The van der Waals surface area contributed by atoms with E-state index >= 15 is 0 Å². The van der Waals surface area contributed by atoms with Crippen molar-refractivity contribution in [1.82, 2.24) is 4.90 Å². The molecule has 1 aromatic carbocycles. The number of hydrogen-bond acceptors (Lipinski definition) is 3. The molecule has 1 saturated carbocycles. The van der Waals surface area contributed by atoms with E-state index in [4.69, 9.17) is 0 Å². The molecule has 3 nitrogen and oxygen atoms in total. The number of nitrogens with zero attached hydrogens (tertiary/aromatic N) is 1. The Labute approximate surface area is 121 Å². The summed E-state index contributed by atoms with van der Waals surface area (Å²) in [4.78, 5) is 2.43. The van der Waals surface area contributed by atoms with Gasteiger partial charge in [0.05, 0.1) is 12.2 Å². The van der Waals surface area contributed by atoms with Crippen LogP contribution in [0.15, 0.2) is 30.3 Å². The van der Waals surface area contributed by atoms with Crippen molar-refractivity contribution in [2.75, 3.05) is 19.6 Å². The van der Waals surface area contributed by atoms with E-state index in [0.29, 0.717) is 11.8 Å². The molecule has 0 radical (unpaired) electrons. The monoisotopic (exact) mass is 275 g/mol. The fourth-order valence-electron chi connectivity index (χ4n) is 3.96. The smallest absolute Gasteiger partial charge is 0.0827 e. The first-order valence-corrected chi connectivity index (χ1v) is 7.78. The van der Waals surface area contributed by atoms with Crippen molar-refractivity contribution in [3.8, 4) is 0 Å². The van der Waals surface area contributed by atoms with Gasteiger partial charge in [-0.1, -0.05) is 37.3 Å². The highest BCUT2D eigenvalue weighted by molar-refractivity contribution is 5.17. The summed E-state index contributed by atoms with van der Waals surface area (Å²) in [5, 5.41) is 20.4. The standard InChI is InChI=1S/C17H25NO2/c1-12(17(20)13-5-3-2-4-6-13)9-18-10-14-7-8-16(19)15(14)11-18/h2-6,12,14-17,19-20H,7-11H2,1H3. The van der Waals surface area contributed by atoms with Gasteiger partial charge < -0.3 is 15.1 Å². The van der Waals surface area contributed by atoms with Crippen LogP contribution in [-0.4, -0.2) is 40.9 Å². The average molecular weight is 275 g/mol. The van der Waals surface area contributed by atoms with Crippen molar-refractivity contribution in [2.45, 2.75) is 32.0 Å². The van der Waals surface area contributed by atoms with Gasteiger partial charge in [-0.3, -0.25) is 0 Å². The summed E-state index contributed by atoms with van der Waals surface area (Å²) in [6, 6.07) is 9.90. The topological polar surface area (TPSA) is 43.7 Å². The van der Waals surface area contributed by atoms with Gasteiger partial charge >= 0.3 is 0 Å². The first-order chi connectivity index (χ1) is 9.65. The highest BCUT2D eigenvalue weighted by Crippen LogP contribution is 2.38. The molecule has 5 atom stereocenters. The van der Waals surface area contributed by atoms with Crippen LogP contribution in [0.1, 0.15) is 31.4 Å². The van der Waals surface area contributed by atoms with Gasteiger partial charge in [-0.05, 0) is 30.2 Å². The van der Waals surface area contributed by atoms with Crippen LogP contribution >= 0.6 is 0 Å². The Kier molecular flexibility index (Phi) is 4.11. The van der Waals surface area contributed by atoms with Crippen molar-refractivity contribution >= 4 is 0 Å². The molecule has 1 heterocycles. The molecule has 5 unspecified atom stereocenters. The Balaban J connectivity index is 1.56. The SMILES string of the molecule is CC(CN1CC2CCC(O)C2C1)C(O)c1ccccc1. The summed E-state index contributed by atoms with van der Waals surface area (Å²) in [5.41, 5.74) is 0.999. The molecule has 0 aromatic heterocycles. The van der Waals surface area contributed by atoms with Crippen LogP contribution in [0.2, 0.25) is 0 Å². The molecular weight excluding hydrogens is 250 g/mol. The molecule has 1 saturated heterocycles. The average Bonchev–Trinajstić information content (AvgIpc) is 3.01. The van der Waals surface area contributed by atoms with E-state index in [1.165, 1.54) is 0 Å². The molecule has 0 amide bonds. The normalized spacial score (nSPS) is 33.0. The molecule has 2 fully saturated rings. The van der Waals surface area contributed by atoms with Crippen LogP contribution in [0.5, 0.6) is 0 Å². The predicted octanol–water partition coefficient (Wildman–Crippen LogP) is 2.06. The summed E-state index contributed by atoms with van der Waals surface area (Å²) in [6.07, 6.45) is 1.64. The maximum atomic E-state index is 10.4. The molecule has 2 N–H and O–H groups in total. The van der Waals surface area contributed by atoms with Crippen LogP contribution in [0.25, 0.3) is 0 Å². The number of aliphatic hydroxyl groups is 2. The minimum absolute atomic E-state index is 0.0978. The lowest BCUT2D eigenvalue weighted by Crippen LogP contribution is -2.31. The molecule has 1 aliphatic carbocycles. The molecule has 110 valence electrons. The first kappa shape index (κ1) is 14.1. The van der Waals surface area contributed by atoms with Crippen LogP contribution in [-0.2, 0) is 0 Å². The van der Waals surface area contributed by atoms with Gasteiger partial charge in [-0.2, -0.15) is 0 Å². The van der Waals surface area contributed by atoms with Crippen molar-refractivity contribution in [2.24, 2.45) is 17.8 Å². The molecule has 20 heavy (non-hydrogen) atoms. The van der Waals surface area contributed by atoms with E-state index in [1.807, 2.05) is 30.3 Å². The van der Waals surface area contributed by atoms with Crippen molar-refractivity contribution < 1.29 is 10.2 Å². The van der Waals surface area contributed by atoms with Crippen LogP contribution in [0, 0.1) is 17.8 Å². The summed E-state index contributed by atoms with van der Waals surface area (Å²) in [7, 11) is 0. The molecule has 1 aromatic rings. The summed E-state index contributed by atoms with van der Waals surface area (Å²) in [6.45, 7) is 5.11. The molecule has 2 aliphatic rings. The van der Waals surface area contributed by atoms with Gasteiger partial charge in [0.15, 0.2) is 0 Å². The minimum atomic E-state index is -0.401. The van der Waals surface area contributed by atoms with Gasteiger partial charge in [0.25, 0.3) is 0 Å². The molecule has 3 heteroatoms. The van der Waals surface area contributed by atoms with Crippen LogP contribution in [0.3, 0.4) is 0 Å². The third kappa shape index (κ3) is 2.76. The Morgan fingerprint density at radius 3 is 2.65 bits per heavy atom. The zero-order chi connectivity index (χ0) is 14.1. The Morgan fingerprint density at radius 1 is 1.20 bits per heavy atom. The van der Waals surface area contributed by atoms with Crippen molar-refractivity contribution in [1.29, 1.82) is 0 Å². The molecule has 3 rings (SSSR count). The fourth-order valence-corrected chi connectivity index (χ4v) is 3.96. The number of aliphatic hydroxyl groups excluding tert-OH is 2. The number of fused-ring (bicyclic) bond motifs is 1. The van der Waals surface area contributed by atoms with Crippen LogP contribution < -0.4 is 0 Å². The van der Waals surface area contributed by atoms with Crippen molar-refractivity contribution in [3.05, 3.63) is 35.9 Å². The Morgan fingerprint density at radius 2 is 1.95 bits per heavy atom. The third-order valence-corrected chi connectivity index (χ3v) is 5.12. The lowest BCUT2D eigenvalue weighted by Gasteiger charge is -2.25. The second-order valence-electron chi connectivity index (χ2n) is 6.62. The zero-order valence-corrected chi connectivity index (χ0v) is 12.2. The fraction of sp³-hybridized carbons (Fsp3) is 0.647. The lowest BCUT2D eigenvalue weighted by molar-refractivity contribution is 0.0857. The van der Waals surface area contributed by atoms with Gasteiger partial charge in [-0.15, -0.1) is 0 Å². The van der Waals surface area contributed by atoms with E-state index in [1.54, 1.807) is 0 Å². The molecule has 1 aliphatic heterocycles. The summed E-state index contributed by atoms with van der Waals surface area (Å²) < 4.78 is 0. The second-order valence-corrected chi connectivity index (χ2v) is 6.62. The van der Waals surface area contributed by atoms with Gasteiger partial charge in [0.1, 0.15) is 0 Å². The highest BCUT2D eigenvalue weighted by atomic mass is 16.3. The summed E-state index contributed by atoms with van der Waals surface area (Å²) >= 11 is 0. The van der Waals surface area contributed by atoms with Crippen molar-refractivity contribution in [3.63, 3.8) is 0 Å². The van der Waals surface area contributed by atoms with Crippen LogP contribution in [0.4, 0.5) is 0 Å². The van der Waals surface area contributed by atoms with E-state index < -0.39 is 6.10 Å². The zero-order valence-electron chi connectivity index (χ0n) is 12.2. The van der Waals surface area contributed by atoms with Gasteiger partial charge in [0.2, 0.25) is 0 Å². The number of benzene rings is 1. The minimum Gasteiger partial charge on any atom is -0.393 e. The van der Waals surface area contributed by atoms with E-state index in [2.05, 4.69) is 11.8 Å². The third-order valence-electron chi connectivity index (χ3n) is 5.12. The van der Waals surface area contributed by atoms with Gasteiger partial charge in [0, 0.05) is 25.6 Å². The second kappa shape index (κ2) is 5.84. The highest BCUT2D eigenvalue weighted by Gasteiger charge is 2.42. The molecule has 0 bridgehead atoms. The number of hydrogen-bond donors (Lipinski definition) is 2. The van der Waals surface area contributed by atoms with Gasteiger partial charge in [-0.25, -0.2) is 0 Å². The molecular formula is C17H25NO2. The largest absolute Gasteiger partial charge is 0.393 e. The van der Waals surface area contributed by atoms with E-state index in [0.717, 1.165) is 38.0 Å². The van der Waals surface area contributed by atoms with E-state index in [-0.39, 0.29) is 12.0 Å². The number of rotatable bonds is 4. The lowest BCUT2D eigenvalue weighted by atomic mass is 9.97. The quantitative estimate of drug-likeness (QED) is 0.884. The maximum Gasteiger partial charge on any atom is 0.0827 e. The Bertz CT molecular complexity index is 436. The first-order valence-electron chi connectivity index (χ1n) is 7.78. The Hall–Kier alpha value is -0.900.